The van der Waals surface area contributed by atoms with Crippen LogP contribution in [-0.2, 0) is 4.74 Å². The molecule has 0 bridgehead atoms. The highest BCUT2D eigenvalue weighted by Crippen LogP contribution is 2.29. The standard InChI is InChI=1S/C45H66O4/c1-4-6-8-10-12-13-14-15-16-17-18-19-21-24-36-47-38(3)39-28-30-40(31-29-39)41-32-34-42(35-33-41)45(46)49-44-27-23-22-26-43(44)48-37-25-20-11-9-7-5-2/h22-23,26-35,38H,4-21,24-25,36-37H2,1-3H3. The van der Waals surface area contributed by atoms with Crippen molar-refractivity contribution in [3.05, 3.63) is 83.9 Å². The fourth-order valence-corrected chi connectivity index (χ4v) is 6.28. The Hall–Kier alpha value is -3.11. The number of hydrogen-bond donors (Lipinski definition) is 0. The van der Waals surface area contributed by atoms with E-state index in [2.05, 4.69) is 45.0 Å². The molecular formula is C45H66O4. The molecule has 0 spiro atoms. The van der Waals surface area contributed by atoms with Crippen molar-refractivity contribution in [2.24, 2.45) is 0 Å². The van der Waals surface area contributed by atoms with Crippen LogP contribution in [-0.4, -0.2) is 19.2 Å². The van der Waals surface area contributed by atoms with Gasteiger partial charge in [0, 0.05) is 6.61 Å². The molecule has 4 heteroatoms. The van der Waals surface area contributed by atoms with Gasteiger partial charge in [0.25, 0.3) is 0 Å². The van der Waals surface area contributed by atoms with Crippen LogP contribution in [0.15, 0.2) is 72.8 Å². The number of rotatable bonds is 28. The Morgan fingerprint density at radius 1 is 0.510 bits per heavy atom. The largest absolute Gasteiger partial charge is 0.490 e. The van der Waals surface area contributed by atoms with Crippen LogP contribution in [0, 0.1) is 0 Å². The zero-order valence-corrected chi connectivity index (χ0v) is 31.2. The number of carbonyl (C=O) groups is 1. The van der Waals surface area contributed by atoms with Gasteiger partial charge in [-0.15, -0.1) is 0 Å². The summed E-state index contributed by atoms with van der Waals surface area (Å²) in [5, 5.41) is 0. The van der Waals surface area contributed by atoms with E-state index in [0.29, 0.717) is 23.7 Å². The van der Waals surface area contributed by atoms with Crippen molar-refractivity contribution < 1.29 is 19.0 Å². The van der Waals surface area contributed by atoms with Crippen molar-refractivity contribution in [2.75, 3.05) is 13.2 Å². The molecule has 0 aliphatic rings. The molecule has 49 heavy (non-hydrogen) atoms. The van der Waals surface area contributed by atoms with Crippen LogP contribution >= 0.6 is 0 Å². The topological polar surface area (TPSA) is 44.8 Å². The van der Waals surface area contributed by atoms with Gasteiger partial charge >= 0.3 is 5.97 Å². The van der Waals surface area contributed by atoms with Gasteiger partial charge < -0.3 is 14.2 Å². The molecule has 3 aromatic rings. The van der Waals surface area contributed by atoms with E-state index in [0.717, 1.165) is 37.0 Å². The molecular weight excluding hydrogens is 604 g/mol. The molecule has 3 aromatic carbocycles. The maximum absolute atomic E-state index is 13.0. The molecule has 3 rings (SSSR count). The van der Waals surface area contributed by atoms with Gasteiger partial charge in [0.2, 0.25) is 0 Å². The summed E-state index contributed by atoms with van der Waals surface area (Å²) in [4.78, 5) is 13.0. The summed E-state index contributed by atoms with van der Waals surface area (Å²) in [7, 11) is 0. The van der Waals surface area contributed by atoms with Gasteiger partial charge in [0.05, 0.1) is 18.3 Å². The Balaban J connectivity index is 1.31. The Morgan fingerprint density at radius 3 is 1.45 bits per heavy atom. The van der Waals surface area contributed by atoms with Crippen molar-refractivity contribution in [1.82, 2.24) is 0 Å². The number of hydrogen-bond acceptors (Lipinski definition) is 4. The molecule has 4 nitrogen and oxygen atoms in total. The zero-order valence-electron chi connectivity index (χ0n) is 31.2. The third-order valence-corrected chi connectivity index (χ3v) is 9.51. The monoisotopic (exact) mass is 670 g/mol. The van der Waals surface area contributed by atoms with Gasteiger partial charge in [-0.05, 0) is 60.7 Å². The predicted octanol–water partition coefficient (Wildman–Crippen LogP) is 13.9. The van der Waals surface area contributed by atoms with Crippen molar-refractivity contribution in [3.8, 4) is 22.6 Å². The van der Waals surface area contributed by atoms with Crippen LogP contribution in [0.3, 0.4) is 0 Å². The minimum absolute atomic E-state index is 0.0748. The summed E-state index contributed by atoms with van der Waals surface area (Å²) in [5.41, 5.74) is 3.86. The fraction of sp³-hybridized carbons (Fsp3) is 0.578. The molecule has 1 atom stereocenters. The maximum Gasteiger partial charge on any atom is 0.343 e. The van der Waals surface area contributed by atoms with E-state index >= 15 is 0 Å². The second-order valence-electron chi connectivity index (χ2n) is 13.8. The zero-order chi connectivity index (χ0) is 34.8. The summed E-state index contributed by atoms with van der Waals surface area (Å²) >= 11 is 0. The molecule has 0 radical (unpaired) electrons. The first kappa shape index (κ1) is 40.3. The fourth-order valence-electron chi connectivity index (χ4n) is 6.28. The Bertz CT molecular complexity index is 1250. The molecule has 0 aliphatic carbocycles. The van der Waals surface area contributed by atoms with E-state index in [9.17, 15) is 4.79 Å². The van der Waals surface area contributed by atoms with Crippen molar-refractivity contribution in [1.29, 1.82) is 0 Å². The molecule has 0 fully saturated rings. The number of benzene rings is 3. The molecule has 270 valence electrons. The first-order valence-corrected chi connectivity index (χ1v) is 19.9. The second-order valence-corrected chi connectivity index (χ2v) is 13.8. The maximum atomic E-state index is 13.0. The number of carbonyl (C=O) groups excluding carboxylic acids is 1. The highest BCUT2D eigenvalue weighted by molar-refractivity contribution is 5.92. The minimum atomic E-state index is -0.387. The summed E-state index contributed by atoms with van der Waals surface area (Å²) in [6, 6.07) is 23.6. The molecule has 1 unspecified atom stereocenters. The Kier molecular flexibility index (Phi) is 21.2. The van der Waals surface area contributed by atoms with Gasteiger partial charge in [-0.25, -0.2) is 4.79 Å². The van der Waals surface area contributed by atoms with Crippen LogP contribution in [0.25, 0.3) is 11.1 Å². The number of unbranched alkanes of at least 4 members (excludes halogenated alkanes) is 18. The van der Waals surface area contributed by atoms with Crippen LogP contribution in [0.2, 0.25) is 0 Å². The van der Waals surface area contributed by atoms with Crippen LogP contribution in [0.4, 0.5) is 0 Å². The first-order chi connectivity index (χ1) is 24.1. The summed E-state index contributed by atoms with van der Waals surface area (Å²) in [6.07, 6.45) is 26.5. The average molecular weight is 671 g/mol. The van der Waals surface area contributed by atoms with Crippen LogP contribution < -0.4 is 9.47 Å². The van der Waals surface area contributed by atoms with Crippen molar-refractivity contribution in [3.63, 3.8) is 0 Å². The van der Waals surface area contributed by atoms with E-state index in [-0.39, 0.29) is 12.1 Å². The molecule has 0 saturated heterocycles. The van der Waals surface area contributed by atoms with E-state index in [1.54, 1.807) is 6.07 Å². The van der Waals surface area contributed by atoms with Gasteiger partial charge in [0.1, 0.15) is 0 Å². The third kappa shape index (κ3) is 16.9. The lowest BCUT2D eigenvalue weighted by molar-refractivity contribution is 0.0627. The lowest BCUT2D eigenvalue weighted by atomic mass is 10.0. The third-order valence-electron chi connectivity index (χ3n) is 9.51. The predicted molar refractivity (Wildman–Crippen MR) is 207 cm³/mol. The Morgan fingerprint density at radius 2 is 0.939 bits per heavy atom. The normalized spacial score (nSPS) is 11.8. The van der Waals surface area contributed by atoms with E-state index in [4.69, 9.17) is 14.2 Å². The molecule has 0 aromatic heterocycles. The highest BCUT2D eigenvalue weighted by atomic mass is 16.6. The lowest BCUT2D eigenvalue weighted by Gasteiger charge is -2.14. The van der Waals surface area contributed by atoms with Crippen molar-refractivity contribution in [2.45, 2.75) is 155 Å². The summed E-state index contributed by atoms with van der Waals surface area (Å²) in [6.45, 7) is 8.09. The van der Waals surface area contributed by atoms with E-state index in [1.807, 2.05) is 42.5 Å². The Labute approximate surface area is 299 Å². The molecule has 0 N–H and O–H groups in total. The van der Waals surface area contributed by atoms with Crippen LogP contribution in [0.1, 0.15) is 171 Å². The highest BCUT2D eigenvalue weighted by Gasteiger charge is 2.13. The summed E-state index contributed by atoms with van der Waals surface area (Å²) < 4.78 is 17.9. The van der Waals surface area contributed by atoms with Gasteiger partial charge in [-0.3, -0.25) is 0 Å². The molecule has 0 saturated carbocycles. The minimum Gasteiger partial charge on any atom is -0.490 e. The van der Waals surface area contributed by atoms with Gasteiger partial charge in [-0.2, -0.15) is 0 Å². The van der Waals surface area contributed by atoms with Gasteiger partial charge in [-0.1, -0.05) is 178 Å². The quantitative estimate of drug-likeness (QED) is 0.0438. The smallest absolute Gasteiger partial charge is 0.343 e. The first-order valence-electron chi connectivity index (χ1n) is 19.9. The number of ether oxygens (including phenoxy) is 3. The van der Waals surface area contributed by atoms with Crippen molar-refractivity contribution >= 4 is 5.97 Å². The SMILES string of the molecule is CCCCCCCCCCCCCCCCOC(C)c1ccc(-c2ccc(C(=O)Oc3ccccc3OCCCCCCCC)cc2)cc1. The van der Waals surface area contributed by atoms with E-state index < -0.39 is 0 Å². The lowest BCUT2D eigenvalue weighted by Crippen LogP contribution is -2.10. The average Bonchev–Trinajstić information content (AvgIpc) is 3.13. The summed E-state index contributed by atoms with van der Waals surface area (Å²) in [5.74, 6) is 0.681. The van der Waals surface area contributed by atoms with Gasteiger partial charge in [0.15, 0.2) is 11.5 Å². The molecule has 0 aliphatic heterocycles. The van der Waals surface area contributed by atoms with Crippen LogP contribution in [0.5, 0.6) is 11.5 Å². The number of para-hydroxylation sites is 2. The second kappa shape index (κ2) is 25.8. The van der Waals surface area contributed by atoms with E-state index in [1.165, 1.54) is 115 Å². The number of esters is 1. The molecule has 0 amide bonds. The molecule has 0 heterocycles.